The van der Waals surface area contributed by atoms with Gasteiger partial charge >= 0.3 is 6.09 Å². The zero-order valence-corrected chi connectivity index (χ0v) is 9.13. The molecule has 5 nitrogen and oxygen atoms in total. The number of ether oxygens (including phenoxy) is 1. The van der Waals surface area contributed by atoms with Crippen molar-refractivity contribution in [3.8, 4) is 0 Å². The molecule has 1 saturated heterocycles. The molecule has 1 atom stereocenters. The Kier molecular flexibility index (Phi) is 3.66. The number of carbonyl (C=O) groups excluding carboxylic acids is 2. The minimum Gasteiger partial charge on any atom is -0.453 e. The number of rotatable bonds is 2. The maximum atomic E-state index is 12.8. The maximum absolute atomic E-state index is 12.8. The highest BCUT2D eigenvalue weighted by Gasteiger charge is 2.41. The summed E-state index contributed by atoms with van der Waals surface area (Å²) in [5.74, 6) is -3.34. The number of hydrogen-bond donors (Lipinski definition) is 1. The van der Waals surface area contributed by atoms with Crippen LogP contribution >= 0.6 is 0 Å². The van der Waals surface area contributed by atoms with Crippen molar-refractivity contribution in [2.24, 2.45) is 0 Å². The van der Waals surface area contributed by atoms with E-state index in [0.29, 0.717) is 0 Å². The minimum atomic E-state index is -2.82. The average molecular weight is 236 g/mol. The van der Waals surface area contributed by atoms with Crippen molar-refractivity contribution < 1.29 is 23.1 Å². The molecule has 0 aromatic heterocycles. The second-order valence-electron chi connectivity index (χ2n) is 3.72. The van der Waals surface area contributed by atoms with E-state index in [-0.39, 0.29) is 13.0 Å². The Morgan fingerprint density at radius 1 is 1.50 bits per heavy atom. The van der Waals surface area contributed by atoms with Gasteiger partial charge in [-0.3, -0.25) is 4.79 Å². The molecule has 1 fully saturated rings. The van der Waals surface area contributed by atoms with Crippen LogP contribution in [0.4, 0.5) is 13.6 Å². The lowest BCUT2D eigenvalue weighted by molar-refractivity contribution is -0.133. The Morgan fingerprint density at radius 2 is 2.12 bits per heavy atom. The predicted octanol–water partition coefficient (Wildman–Crippen LogP) is 0.598. The van der Waals surface area contributed by atoms with E-state index in [9.17, 15) is 18.4 Å². The van der Waals surface area contributed by atoms with Crippen molar-refractivity contribution in [2.45, 2.75) is 25.3 Å². The van der Waals surface area contributed by atoms with Gasteiger partial charge in [0.1, 0.15) is 6.04 Å². The van der Waals surface area contributed by atoms with Crippen LogP contribution in [0.25, 0.3) is 0 Å². The molecule has 1 rings (SSSR count). The fourth-order valence-corrected chi connectivity index (χ4v) is 1.50. The van der Waals surface area contributed by atoms with E-state index in [0.717, 1.165) is 12.0 Å². The van der Waals surface area contributed by atoms with Gasteiger partial charge in [-0.25, -0.2) is 13.6 Å². The number of likely N-dealkylation sites (tertiary alicyclic amines) is 1. The van der Waals surface area contributed by atoms with Crippen molar-refractivity contribution >= 4 is 12.0 Å². The molecular weight excluding hydrogens is 222 g/mol. The number of amides is 2. The first-order valence-corrected chi connectivity index (χ1v) is 4.87. The molecule has 0 saturated carbocycles. The van der Waals surface area contributed by atoms with Gasteiger partial charge in [0.2, 0.25) is 5.91 Å². The smallest absolute Gasteiger partial charge is 0.407 e. The lowest BCUT2D eigenvalue weighted by atomic mass is 10.3. The molecule has 7 heteroatoms. The summed E-state index contributed by atoms with van der Waals surface area (Å²) in [5.41, 5.74) is 0. The third-order valence-electron chi connectivity index (χ3n) is 2.37. The quantitative estimate of drug-likeness (QED) is 0.763. The van der Waals surface area contributed by atoms with Crippen molar-refractivity contribution in [1.82, 2.24) is 10.2 Å². The first kappa shape index (κ1) is 12.7. The normalized spacial score (nSPS) is 20.4. The predicted molar refractivity (Wildman–Crippen MR) is 51.1 cm³/mol. The van der Waals surface area contributed by atoms with E-state index in [1.807, 2.05) is 0 Å². The molecule has 92 valence electrons. The van der Waals surface area contributed by atoms with Crippen molar-refractivity contribution in [3.05, 3.63) is 0 Å². The zero-order chi connectivity index (χ0) is 12.3. The van der Waals surface area contributed by atoms with Crippen LogP contribution < -0.4 is 5.32 Å². The van der Waals surface area contributed by atoms with E-state index in [4.69, 9.17) is 0 Å². The van der Waals surface area contributed by atoms with Crippen LogP contribution in [0.1, 0.15) is 13.3 Å². The molecule has 1 aliphatic rings. The van der Waals surface area contributed by atoms with Crippen LogP contribution in [0, 0.1) is 0 Å². The van der Waals surface area contributed by atoms with E-state index >= 15 is 0 Å². The largest absolute Gasteiger partial charge is 0.453 e. The topological polar surface area (TPSA) is 58.6 Å². The summed E-state index contributed by atoms with van der Waals surface area (Å²) in [6.45, 7) is 0.855. The number of alkyl carbamates (subject to hydrolysis) is 1. The molecular formula is C9H14F2N2O3. The summed E-state index contributed by atoms with van der Waals surface area (Å²) in [6, 6.07) is -0.860. The molecule has 1 aliphatic heterocycles. The molecule has 0 aliphatic carbocycles. The molecule has 0 spiro atoms. The fraction of sp³-hybridized carbons (Fsp3) is 0.778. The standard InChI is InChI=1S/C9H14F2N2O3/c1-6(12-8(15)16-2)7(14)13-4-3-9(10,11)5-13/h6H,3-5H2,1-2H3,(H,12,15)/t6-/m1/s1. The van der Waals surface area contributed by atoms with Gasteiger partial charge in [0, 0.05) is 13.0 Å². The molecule has 16 heavy (non-hydrogen) atoms. The molecule has 0 bridgehead atoms. The molecule has 1 heterocycles. The van der Waals surface area contributed by atoms with Crippen LogP contribution in [-0.4, -0.2) is 49.1 Å². The SMILES string of the molecule is COC(=O)N[C@H](C)C(=O)N1CCC(F)(F)C1. The maximum Gasteiger partial charge on any atom is 0.407 e. The Hall–Kier alpha value is -1.40. The lowest BCUT2D eigenvalue weighted by Crippen LogP contribution is -2.46. The van der Waals surface area contributed by atoms with Gasteiger partial charge in [-0.05, 0) is 6.92 Å². The van der Waals surface area contributed by atoms with Gasteiger partial charge in [-0.2, -0.15) is 0 Å². The summed E-state index contributed by atoms with van der Waals surface area (Å²) in [6.07, 6.45) is -1.09. The molecule has 1 N–H and O–H groups in total. The van der Waals surface area contributed by atoms with Gasteiger partial charge < -0.3 is 15.0 Å². The van der Waals surface area contributed by atoms with Gasteiger partial charge in [0.25, 0.3) is 5.92 Å². The van der Waals surface area contributed by atoms with Gasteiger partial charge in [0.15, 0.2) is 0 Å². The molecule has 0 aromatic rings. The second kappa shape index (κ2) is 4.63. The first-order chi connectivity index (χ1) is 7.35. The van der Waals surface area contributed by atoms with Crippen molar-refractivity contribution in [1.29, 1.82) is 0 Å². The number of hydrogen-bond acceptors (Lipinski definition) is 3. The van der Waals surface area contributed by atoms with E-state index in [2.05, 4.69) is 10.1 Å². The summed E-state index contributed by atoms with van der Waals surface area (Å²) in [5, 5.41) is 2.24. The summed E-state index contributed by atoms with van der Waals surface area (Å²) < 4.78 is 30.0. The van der Waals surface area contributed by atoms with Crippen LogP contribution in [0.3, 0.4) is 0 Å². The summed E-state index contributed by atoms with van der Waals surface area (Å²) in [4.78, 5) is 23.5. The number of nitrogens with one attached hydrogen (secondary N) is 1. The lowest BCUT2D eigenvalue weighted by Gasteiger charge is -2.20. The monoisotopic (exact) mass is 236 g/mol. The van der Waals surface area contributed by atoms with Gasteiger partial charge in [0.05, 0.1) is 13.7 Å². The molecule has 2 amide bonds. The third kappa shape index (κ3) is 3.04. The van der Waals surface area contributed by atoms with E-state index < -0.39 is 30.5 Å². The number of methoxy groups -OCH3 is 1. The van der Waals surface area contributed by atoms with Crippen LogP contribution in [0.2, 0.25) is 0 Å². The van der Waals surface area contributed by atoms with Crippen LogP contribution in [0.15, 0.2) is 0 Å². The fourth-order valence-electron chi connectivity index (χ4n) is 1.50. The number of carbonyl (C=O) groups is 2. The van der Waals surface area contributed by atoms with Crippen LogP contribution in [-0.2, 0) is 9.53 Å². The Labute approximate surface area is 91.7 Å². The Balaban J connectivity index is 2.49. The van der Waals surface area contributed by atoms with Crippen molar-refractivity contribution in [3.63, 3.8) is 0 Å². The number of nitrogens with zero attached hydrogens (tertiary/aromatic N) is 1. The molecule has 0 radical (unpaired) electrons. The Morgan fingerprint density at radius 3 is 2.56 bits per heavy atom. The first-order valence-electron chi connectivity index (χ1n) is 4.87. The van der Waals surface area contributed by atoms with Crippen molar-refractivity contribution in [2.75, 3.05) is 20.2 Å². The van der Waals surface area contributed by atoms with Crippen LogP contribution in [0.5, 0.6) is 0 Å². The Bertz CT molecular complexity index is 296. The zero-order valence-electron chi connectivity index (χ0n) is 9.13. The summed E-state index contributed by atoms with van der Waals surface area (Å²) >= 11 is 0. The highest BCUT2D eigenvalue weighted by molar-refractivity contribution is 5.85. The van der Waals surface area contributed by atoms with E-state index in [1.54, 1.807) is 0 Å². The number of halogens is 2. The van der Waals surface area contributed by atoms with Gasteiger partial charge in [-0.1, -0.05) is 0 Å². The third-order valence-corrected chi connectivity index (χ3v) is 2.37. The average Bonchev–Trinajstić information content (AvgIpc) is 2.57. The van der Waals surface area contributed by atoms with Gasteiger partial charge in [-0.15, -0.1) is 0 Å². The highest BCUT2D eigenvalue weighted by atomic mass is 19.3. The number of alkyl halides is 2. The minimum absolute atomic E-state index is 0.0129. The molecule has 0 unspecified atom stereocenters. The summed E-state index contributed by atoms with van der Waals surface area (Å²) in [7, 11) is 1.16. The highest BCUT2D eigenvalue weighted by Crippen LogP contribution is 2.26. The molecule has 0 aromatic carbocycles. The van der Waals surface area contributed by atoms with E-state index in [1.165, 1.54) is 6.92 Å². The second-order valence-corrected chi connectivity index (χ2v) is 3.72.